The quantitative estimate of drug-likeness (QED) is 0.776. The zero-order valence-electron chi connectivity index (χ0n) is 11.5. The van der Waals surface area contributed by atoms with E-state index in [0.29, 0.717) is 20.8 Å². The molecule has 0 aliphatic rings. The van der Waals surface area contributed by atoms with E-state index in [1.165, 1.54) is 0 Å². The Hall–Kier alpha value is -0.930. The minimum atomic E-state index is -0.290. The molecule has 2 nitrogen and oxygen atoms in total. The molecule has 0 amide bonds. The van der Waals surface area contributed by atoms with E-state index in [1.54, 1.807) is 18.2 Å². The van der Waals surface area contributed by atoms with Crippen LogP contribution in [0.5, 0.6) is 5.75 Å². The van der Waals surface area contributed by atoms with Crippen LogP contribution in [0.3, 0.4) is 0 Å². The average molecular weight is 345 g/mol. The van der Waals surface area contributed by atoms with Gasteiger partial charge in [0.1, 0.15) is 11.9 Å². The molecule has 0 aliphatic carbocycles. The standard InChI is InChI=1S/C16H16Cl3NO/c1-2-15(20)16(10-3-5-11(17)6-4-10)21-14-8-12(18)7-13(19)9-14/h3-9,15-16H,2,20H2,1H3. The van der Waals surface area contributed by atoms with Crippen LogP contribution in [0.25, 0.3) is 0 Å². The molecular formula is C16H16Cl3NO. The molecule has 5 heteroatoms. The average Bonchev–Trinajstić information content (AvgIpc) is 2.44. The second-order valence-corrected chi connectivity index (χ2v) is 6.08. The number of hydrogen-bond donors (Lipinski definition) is 1. The van der Waals surface area contributed by atoms with Crippen molar-refractivity contribution in [3.8, 4) is 5.75 Å². The molecule has 0 radical (unpaired) electrons. The topological polar surface area (TPSA) is 35.2 Å². The first kappa shape index (κ1) is 16.4. The van der Waals surface area contributed by atoms with Gasteiger partial charge in [-0.05, 0) is 42.3 Å². The van der Waals surface area contributed by atoms with Crippen LogP contribution in [0.15, 0.2) is 42.5 Å². The van der Waals surface area contributed by atoms with Crippen LogP contribution >= 0.6 is 34.8 Å². The lowest BCUT2D eigenvalue weighted by molar-refractivity contribution is 0.171. The van der Waals surface area contributed by atoms with Crippen molar-refractivity contribution in [3.63, 3.8) is 0 Å². The third-order valence-corrected chi connectivity index (χ3v) is 3.85. The van der Waals surface area contributed by atoms with Crippen LogP contribution in [0.1, 0.15) is 25.0 Å². The summed E-state index contributed by atoms with van der Waals surface area (Å²) in [7, 11) is 0. The van der Waals surface area contributed by atoms with E-state index in [2.05, 4.69) is 0 Å². The van der Waals surface area contributed by atoms with Crippen molar-refractivity contribution in [2.24, 2.45) is 5.73 Å². The maximum absolute atomic E-state index is 6.19. The molecule has 0 bridgehead atoms. The SMILES string of the molecule is CCC(N)C(Oc1cc(Cl)cc(Cl)c1)c1ccc(Cl)cc1. The van der Waals surface area contributed by atoms with Crippen LogP contribution in [-0.2, 0) is 0 Å². The van der Waals surface area contributed by atoms with E-state index in [-0.39, 0.29) is 12.1 Å². The van der Waals surface area contributed by atoms with Crippen molar-refractivity contribution in [3.05, 3.63) is 63.1 Å². The van der Waals surface area contributed by atoms with E-state index in [1.807, 2.05) is 31.2 Å². The summed E-state index contributed by atoms with van der Waals surface area (Å²) in [4.78, 5) is 0. The highest BCUT2D eigenvalue weighted by atomic mass is 35.5. The van der Waals surface area contributed by atoms with Crippen LogP contribution in [0.4, 0.5) is 0 Å². The van der Waals surface area contributed by atoms with E-state index in [0.717, 1.165) is 12.0 Å². The molecule has 112 valence electrons. The molecule has 0 saturated heterocycles. The minimum Gasteiger partial charge on any atom is -0.484 e. The Balaban J connectivity index is 2.30. The summed E-state index contributed by atoms with van der Waals surface area (Å²) in [5, 5.41) is 1.73. The third-order valence-electron chi connectivity index (χ3n) is 3.16. The van der Waals surface area contributed by atoms with Gasteiger partial charge in [0.2, 0.25) is 0 Å². The largest absolute Gasteiger partial charge is 0.484 e. The maximum atomic E-state index is 6.19. The summed E-state index contributed by atoms with van der Waals surface area (Å²) >= 11 is 17.9. The van der Waals surface area contributed by atoms with Gasteiger partial charge in [-0.3, -0.25) is 0 Å². The normalized spacial score (nSPS) is 13.8. The van der Waals surface area contributed by atoms with Gasteiger partial charge in [0.15, 0.2) is 0 Å². The highest BCUT2D eigenvalue weighted by Gasteiger charge is 2.21. The number of ether oxygens (including phenoxy) is 1. The summed E-state index contributed by atoms with van der Waals surface area (Å²) in [6.07, 6.45) is 0.489. The van der Waals surface area contributed by atoms with Crippen molar-refractivity contribution in [2.75, 3.05) is 0 Å². The zero-order chi connectivity index (χ0) is 15.4. The first-order valence-electron chi connectivity index (χ1n) is 6.63. The first-order chi connectivity index (χ1) is 9.99. The van der Waals surface area contributed by atoms with Crippen molar-refractivity contribution in [2.45, 2.75) is 25.5 Å². The fourth-order valence-electron chi connectivity index (χ4n) is 2.01. The predicted octanol–water partition coefficient (Wildman–Crippen LogP) is 5.50. The molecule has 0 fully saturated rings. The smallest absolute Gasteiger partial charge is 0.139 e. The Morgan fingerprint density at radius 3 is 2.05 bits per heavy atom. The Bertz CT molecular complexity index is 581. The van der Waals surface area contributed by atoms with Gasteiger partial charge in [0.25, 0.3) is 0 Å². The Morgan fingerprint density at radius 1 is 0.952 bits per heavy atom. The van der Waals surface area contributed by atoms with Crippen molar-refractivity contribution in [1.29, 1.82) is 0 Å². The summed E-state index contributed by atoms with van der Waals surface area (Å²) in [5.74, 6) is 0.594. The fraction of sp³-hybridized carbons (Fsp3) is 0.250. The minimum absolute atomic E-state index is 0.149. The lowest BCUT2D eigenvalue weighted by atomic mass is 10.0. The number of hydrogen-bond acceptors (Lipinski definition) is 2. The van der Waals surface area contributed by atoms with Gasteiger partial charge in [-0.1, -0.05) is 53.9 Å². The molecule has 2 N–H and O–H groups in total. The maximum Gasteiger partial charge on any atom is 0.139 e. The fourth-order valence-corrected chi connectivity index (χ4v) is 2.64. The molecule has 0 heterocycles. The van der Waals surface area contributed by atoms with E-state index in [4.69, 9.17) is 45.3 Å². The number of halogens is 3. The lowest BCUT2D eigenvalue weighted by Gasteiger charge is -2.25. The third kappa shape index (κ3) is 4.52. The van der Waals surface area contributed by atoms with Gasteiger partial charge in [-0.2, -0.15) is 0 Å². The summed E-state index contributed by atoms with van der Waals surface area (Å²) in [6, 6.07) is 12.4. The Labute approximate surface area is 139 Å². The van der Waals surface area contributed by atoms with Gasteiger partial charge in [-0.25, -0.2) is 0 Å². The summed E-state index contributed by atoms with van der Waals surface area (Å²) < 4.78 is 6.02. The second-order valence-electron chi connectivity index (χ2n) is 4.77. The molecule has 2 aromatic rings. The molecule has 2 aromatic carbocycles. The molecule has 0 spiro atoms. The molecule has 0 aliphatic heterocycles. The van der Waals surface area contributed by atoms with Gasteiger partial charge in [0.05, 0.1) is 0 Å². The first-order valence-corrected chi connectivity index (χ1v) is 7.76. The van der Waals surface area contributed by atoms with E-state index < -0.39 is 0 Å². The summed E-state index contributed by atoms with van der Waals surface area (Å²) in [5.41, 5.74) is 7.15. The van der Waals surface area contributed by atoms with Crippen LogP contribution < -0.4 is 10.5 Å². The lowest BCUT2D eigenvalue weighted by Crippen LogP contribution is -2.31. The Kier molecular flexibility index (Phi) is 5.77. The van der Waals surface area contributed by atoms with Crippen LogP contribution in [-0.4, -0.2) is 6.04 Å². The van der Waals surface area contributed by atoms with Gasteiger partial charge < -0.3 is 10.5 Å². The number of benzene rings is 2. The molecular weight excluding hydrogens is 329 g/mol. The van der Waals surface area contributed by atoms with Gasteiger partial charge in [0, 0.05) is 21.1 Å². The zero-order valence-corrected chi connectivity index (χ0v) is 13.8. The molecule has 0 aromatic heterocycles. The van der Waals surface area contributed by atoms with Crippen molar-refractivity contribution >= 4 is 34.8 Å². The number of nitrogens with two attached hydrogens (primary N) is 1. The van der Waals surface area contributed by atoms with Crippen molar-refractivity contribution < 1.29 is 4.74 Å². The van der Waals surface area contributed by atoms with Gasteiger partial charge >= 0.3 is 0 Å². The number of rotatable bonds is 5. The summed E-state index contributed by atoms with van der Waals surface area (Å²) in [6.45, 7) is 2.02. The monoisotopic (exact) mass is 343 g/mol. The van der Waals surface area contributed by atoms with E-state index >= 15 is 0 Å². The second kappa shape index (κ2) is 7.37. The van der Waals surface area contributed by atoms with Crippen LogP contribution in [0.2, 0.25) is 15.1 Å². The molecule has 2 rings (SSSR count). The van der Waals surface area contributed by atoms with E-state index in [9.17, 15) is 0 Å². The van der Waals surface area contributed by atoms with Gasteiger partial charge in [-0.15, -0.1) is 0 Å². The highest BCUT2D eigenvalue weighted by molar-refractivity contribution is 6.34. The predicted molar refractivity (Wildman–Crippen MR) is 89.5 cm³/mol. The molecule has 0 saturated carbocycles. The highest BCUT2D eigenvalue weighted by Crippen LogP contribution is 2.30. The Morgan fingerprint density at radius 2 is 1.52 bits per heavy atom. The molecule has 2 unspecified atom stereocenters. The molecule has 21 heavy (non-hydrogen) atoms. The molecule has 2 atom stereocenters. The van der Waals surface area contributed by atoms with Crippen LogP contribution in [0, 0.1) is 0 Å². The van der Waals surface area contributed by atoms with Crippen molar-refractivity contribution in [1.82, 2.24) is 0 Å².